The van der Waals surface area contributed by atoms with E-state index in [0.717, 1.165) is 42.4 Å². The molecule has 0 heterocycles. The minimum absolute atomic E-state index is 0.357. The molecule has 0 spiro atoms. The van der Waals surface area contributed by atoms with Gasteiger partial charge in [0.1, 0.15) is 0 Å². The maximum atomic E-state index is 10.6. The summed E-state index contributed by atoms with van der Waals surface area (Å²) < 4.78 is 0. The predicted molar refractivity (Wildman–Crippen MR) is 102 cm³/mol. The molecular weight excluding hydrogens is 308 g/mol. The number of fused-ring (bicyclic) bond motifs is 5. The van der Waals surface area contributed by atoms with Crippen LogP contribution in [-0.4, -0.2) is 22.4 Å². The molecule has 144 valence electrons. The van der Waals surface area contributed by atoms with Crippen LogP contribution in [0, 0.1) is 46.3 Å². The Morgan fingerprint density at radius 1 is 0.880 bits per heavy atom. The van der Waals surface area contributed by atoms with Crippen LogP contribution in [0.5, 0.6) is 0 Å². The monoisotopic (exact) mass is 348 g/mol. The van der Waals surface area contributed by atoms with Crippen molar-refractivity contribution in [2.75, 3.05) is 6.61 Å². The number of rotatable bonds is 2. The smallest absolute Gasteiger partial charge is 0.0622 e. The second-order valence-corrected chi connectivity index (χ2v) is 11.2. The largest absolute Gasteiger partial charge is 0.396 e. The Bertz CT molecular complexity index is 514. The van der Waals surface area contributed by atoms with E-state index in [1.165, 1.54) is 44.9 Å². The molecule has 25 heavy (non-hydrogen) atoms. The normalized spacial score (nSPS) is 56.6. The van der Waals surface area contributed by atoms with Gasteiger partial charge < -0.3 is 10.2 Å². The highest BCUT2D eigenvalue weighted by Gasteiger charge is 2.61. The van der Waals surface area contributed by atoms with Crippen molar-refractivity contribution in [3.8, 4) is 0 Å². The number of hydrogen-bond donors (Lipinski definition) is 2. The minimum atomic E-state index is -0.421. The van der Waals surface area contributed by atoms with E-state index in [0.29, 0.717) is 23.4 Å². The van der Waals surface area contributed by atoms with E-state index in [1.54, 1.807) is 0 Å². The molecule has 0 aromatic heterocycles. The summed E-state index contributed by atoms with van der Waals surface area (Å²) in [5.41, 5.74) is 0.509. The van der Waals surface area contributed by atoms with Gasteiger partial charge in [-0.3, -0.25) is 0 Å². The molecule has 4 aliphatic carbocycles. The zero-order valence-corrected chi connectivity index (χ0v) is 16.9. The Hall–Kier alpha value is -0.0800. The van der Waals surface area contributed by atoms with Crippen molar-refractivity contribution in [3.05, 3.63) is 0 Å². The summed E-state index contributed by atoms with van der Waals surface area (Å²) >= 11 is 0. The lowest BCUT2D eigenvalue weighted by Crippen LogP contribution is -2.55. The highest BCUT2D eigenvalue weighted by Crippen LogP contribution is 2.68. The van der Waals surface area contributed by atoms with Crippen LogP contribution in [0.1, 0.15) is 85.5 Å². The molecule has 0 saturated heterocycles. The van der Waals surface area contributed by atoms with Crippen LogP contribution in [0.25, 0.3) is 0 Å². The first-order valence-electron chi connectivity index (χ1n) is 11.0. The Kier molecular flexibility index (Phi) is 4.36. The molecule has 0 aromatic carbocycles. The summed E-state index contributed by atoms with van der Waals surface area (Å²) in [4.78, 5) is 0. The Morgan fingerprint density at radius 2 is 1.60 bits per heavy atom. The molecule has 2 N–H and O–H groups in total. The fraction of sp³-hybridized carbons (Fsp3) is 1.00. The Balaban J connectivity index is 1.58. The van der Waals surface area contributed by atoms with Gasteiger partial charge in [-0.2, -0.15) is 0 Å². The van der Waals surface area contributed by atoms with Gasteiger partial charge >= 0.3 is 0 Å². The molecule has 0 unspecified atom stereocenters. The van der Waals surface area contributed by atoms with Crippen molar-refractivity contribution in [3.63, 3.8) is 0 Å². The third-order valence-corrected chi connectivity index (χ3v) is 10.0. The van der Waals surface area contributed by atoms with E-state index in [2.05, 4.69) is 27.7 Å². The van der Waals surface area contributed by atoms with E-state index in [1.807, 2.05) is 0 Å². The van der Waals surface area contributed by atoms with Gasteiger partial charge in [-0.1, -0.05) is 20.8 Å². The molecule has 4 rings (SSSR count). The number of hydrogen-bond acceptors (Lipinski definition) is 2. The maximum absolute atomic E-state index is 10.6. The average molecular weight is 349 g/mol. The predicted octanol–water partition coefficient (Wildman–Crippen LogP) is 5.02. The fourth-order valence-corrected chi connectivity index (χ4v) is 8.53. The lowest BCUT2D eigenvalue weighted by atomic mass is 9.43. The SMILES string of the molecule is C[C@H](CO)[C@H]1CC[C@H]2[C@@H]3CC[C@@H]4C[C@@](C)(O)CC[C@]4(C)[C@H]3CC[C@]12C. The van der Waals surface area contributed by atoms with E-state index in [-0.39, 0.29) is 0 Å². The first kappa shape index (κ1) is 18.3. The van der Waals surface area contributed by atoms with Crippen LogP contribution in [0.4, 0.5) is 0 Å². The minimum Gasteiger partial charge on any atom is -0.396 e. The zero-order chi connectivity index (χ0) is 18.0. The lowest BCUT2D eigenvalue weighted by Gasteiger charge is -2.62. The van der Waals surface area contributed by atoms with Crippen molar-refractivity contribution >= 4 is 0 Å². The Morgan fingerprint density at radius 3 is 2.32 bits per heavy atom. The first-order chi connectivity index (χ1) is 11.7. The molecule has 4 saturated carbocycles. The quantitative estimate of drug-likeness (QED) is 0.735. The van der Waals surface area contributed by atoms with Gasteiger partial charge in [0.15, 0.2) is 0 Å². The van der Waals surface area contributed by atoms with Crippen molar-refractivity contribution < 1.29 is 10.2 Å². The van der Waals surface area contributed by atoms with Gasteiger partial charge in [-0.15, -0.1) is 0 Å². The zero-order valence-electron chi connectivity index (χ0n) is 16.9. The van der Waals surface area contributed by atoms with Crippen LogP contribution in [-0.2, 0) is 0 Å². The third kappa shape index (κ3) is 2.64. The highest BCUT2D eigenvalue weighted by atomic mass is 16.3. The van der Waals surface area contributed by atoms with E-state index in [4.69, 9.17) is 0 Å². The molecule has 9 atom stereocenters. The van der Waals surface area contributed by atoms with Crippen LogP contribution in [0.15, 0.2) is 0 Å². The van der Waals surface area contributed by atoms with Crippen molar-refractivity contribution in [2.45, 2.75) is 91.1 Å². The summed E-state index contributed by atoms with van der Waals surface area (Å²) in [6, 6.07) is 0. The Labute approximate surface area is 154 Å². The summed E-state index contributed by atoms with van der Waals surface area (Å²) in [6.07, 6.45) is 11.5. The van der Waals surface area contributed by atoms with Crippen LogP contribution >= 0.6 is 0 Å². The van der Waals surface area contributed by atoms with Gasteiger partial charge in [-0.05, 0) is 111 Å². The lowest BCUT2D eigenvalue weighted by molar-refractivity contribution is -0.148. The molecule has 0 radical (unpaired) electrons. The molecular formula is C23H40O2. The summed E-state index contributed by atoms with van der Waals surface area (Å²) in [5.74, 6) is 4.58. The maximum Gasteiger partial charge on any atom is 0.0622 e. The van der Waals surface area contributed by atoms with E-state index < -0.39 is 5.60 Å². The van der Waals surface area contributed by atoms with Gasteiger partial charge in [0, 0.05) is 6.61 Å². The summed E-state index contributed by atoms with van der Waals surface area (Å²) in [6.45, 7) is 9.84. The molecule has 0 bridgehead atoms. The average Bonchev–Trinajstić information content (AvgIpc) is 2.92. The first-order valence-corrected chi connectivity index (χ1v) is 11.0. The van der Waals surface area contributed by atoms with Crippen molar-refractivity contribution in [1.82, 2.24) is 0 Å². The summed E-state index contributed by atoms with van der Waals surface area (Å²) in [5, 5.41) is 20.4. The van der Waals surface area contributed by atoms with Gasteiger partial charge in [-0.25, -0.2) is 0 Å². The second kappa shape index (κ2) is 5.96. The van der Waals surface area contributed by atoms with E-state index in [9.17, 15) is 10.2 Å². The summed E-state index contributed by atoms with van der Waals surface area (Å²) in [7, 11) is 0. The highest BCUT2D eigenvalue weighted by molar-refractivity contribution is 5.10. The molecule has 4 fully saturated rings. The van der Waals surface area contributed by atoms with Crippen LogP contribution < -0.4 is 0 Å². The molecule has 2 nitrogen and oxygen atoms in total. The van der Waals surface area contributed by atoms with Crippen molar-refractivity contribution in [2.24, 2.45) is 46.3 Å². The molecule has 0 aromatic rings. The van der Waals surface area contributed by atoms with Gasteiger partial charge in [0.05, 0.1) is 5.60 Å². The van der Waals surface area contributed by atoms with Crippen LogP contribution in [0.2, 0.25) is 0 Å². The fourth-order valence-electron chi connectivity index (χ4n) is 8.53. The second-order valence-electron chi connectivity index (χ2n) is 11.2. The van der Waals surface area contributed by atoms with E-state index >= 15 is 0 Å². The topological polar surface area (TPSA) is 40.5 Å². The molecule has 0 aliphatic heterocycles. The molecule has 2 heteroatoms. The number of aliphatic hydroxyl groups excluding tert-OH is 1. The number of aliphatic hydroxyl groups is 2. The van der Waals surface area contributed by atoms with Gasteiger partial charge in [0.2, 0.25) is 0 Å². The van der Waals surface area contributed by atoms with Crippen molar-refractivity contribution in [1.29, 1.82) is 0 Å². The standard InChI is InChI=1S/C23H40O2/c1-15(14-24)18-7-8-19-17-6-5-16-13-21(2,25)11-12-22(16,3)20(17)9-10-23(18,19)4/h15-20,24-25H,5-14H2,1-4H3/t15-,16-,17+,18-,19+,20+,21+,22+,23-/m1/s1. The molecule has 4 aliphatic rings. The van der Waals surface area contributed by atoms with Gasteiger partial charge in [0.25, 0.3) is 0 Å². The third-order valence-electron chi connectivity index (χ3n) is 10.0. The molecule has 0 amide bonds. The van der Waals surface area contributed by atoms with Crippen LogP contribution in [0.3, 0.4) is 0 Å².